The number of para-hydroxylation sites is 1. The number of hydrogen-bond donors (Lipinski definition) is 0. The van der Waals surface area contributed by atoms with Crippen LogP contribution < -0.4 is 0 Å². The van der Waals surface area contributed by atoms with Crippen molar-refractivity contribution in [3.05, 3.63) is 29.8 Å². The summed E-state index contributed by atoms with van der Waals surface area (Å²) in [6.07, 6.45) is 1.29. The number of carbonyl (C=O) groups excluding carboxylic acids is 1. The smallest absolute Gasteiger partial charge is 0.350 e. The van der Waals surface area contributed by atoms with Gasteiger partial charge in [-0.15, -0.1) is 5.10 Å². The molecule has 0 amide bonds. The highest BCUT2D eigenvalue weighted by Crippen LogP contribution is 2.11. The van der Waals surface area contributed by atoms with E-state index in [-0.39, 0.29) is 5.57 Å². The van der Waals surface area contributed by atoms with Gasteiger partial charge in [0.15, 0.2) is 5.57 Å². The molecule has 6 nitrogen and oxygen atoms in total. The Labute approximate surface area is 96.7 Å². The number of rotatable bonds is 2. The van der Waals surface area contributed by atoms with Gasteiger partial charge in [0.25, 0.3) is 0 Å². The molecule has 0 spiro atoms. The van der Waals surface area contributed by atoms with Crippen molar-refractivity contribution in [3.63, 3.8) is 0 Å². The van der Waals surface area contributed by atoms with Crippen LogP contribution in [0.2, 0.25) is 0 Å². The first-order valence-corrected chi connectivity index (χ1v) is 4.76. The average molecular weight is 228 g/mol. The van der Waals surface area contributed by atoms with Crippen LogP contribution in [0.15, 0.2) is 29.8 Å². The fraction of sp³-hybridized carbons (Fsp3) is 0.0909. The van der Waals surface area contributed by atoms with Crippen molar-refractivity contribution in [2.24, 2.45) is 0 Å². The maximum atomic E-state index is 11.2. The highest BCUT2D eigenvalue weighted by Gasteiger charge is 2.10. The van der Waals surface area contributed by atoms with E-state index in [2.05, 4.69) is 15.0 Å². The van der Waals surface area contributed by atoms with Crippen molar-refractivity contribution in [1.29, 1.82) is 5.26 Å². The molecule has 0 atom stereocenters. The molecule has 1 heterocycles. The molecule has 2 aromatic rings. The third-order valence-electron chi connectivity index (χ3n) is 2.15. The molecule has 0 aliphatic carbocycles. The van der Waals surface area contributed by atoms with Crippen LogP contribution in [0.4, 0.5) is 0 Å². The maximum absolute atomic E-state index is 11.2. The number of nitriles is 1. The molecule has 0 saturated carbocycles. The van der Waals surface area contributed by atoms with Crippen LogP contribution in [-0.2, 0) is 9.53 Å². The van der Waals surface area contributed by atoms with Gasteiger partial charge in [-0.2, -0.15) is 5.26 Å². The van der Waals surface area contributed by atoms with E-state index in [9.17, 15) is 4.79 Å². The second-order valence-corrected chi connectivity index (χ2v) is 3.17. The molecule has 17 heavy (non-hydrogen) atoms. The Bertz CT molecular complexity index is 636. The molecule has 0 bridgehead atoms. The van der Waals surface area contributed by atoms with Gasteiger partial charge < -0.3 is 4.74 Å². The molecule has 84 valence electrons. The summed E-state index contributed by atoms with van der Waals surface area (Å²) in [5, 5.41) is 16.5. The Morgan fingerprint density at radius 3 is 3.00 bits per heavy atom. The minimum atomic E-state index is -0.702. The maximum Gasteiger partial charge on any atom is 0.350 e. The van der Waals surface area contributed by atoms with Crippen LogP contribution in [-0.4, -0.2) is 28.1 Å². The number of hydrogen-bond acceptors (Lipinski definition) is 5. The third-order valence-corrected chi connectivity index (χ3v) is 2.15. The molecular weight excluding hydrogens is 220 g/mol. The number of esters is 1. The van der Waals surface area contributed by atoms with Crippen molar-refractivity contribution in [2.45, 2.75) is 0 Å². The number of carbonyl (C=O) groups is 1. The van der Waals surface area contributed by atoms with Gasteiger partial charge in [0.05, 0.1) is 18.8 Å². The Kier molecular flexibility index (Phi) is 2.83. The summed E-state index contributed by atoms with van der Waals surface area (Å²) in [5.74, 6) is -0.702. The predicted molar refractivity (Wildman–Crippen MR) is 59.4 cm³/mol. The van der Waals surface area contributed by atoms with E-state index in [0.717, 1.165) is 0 Å². The molecule has 0 aliphatic rings. The van der Waals surface area contributed by atoms with Crippen LogP contribution >= 0.6 is 0 Å². The summed E-state index contributed by atoms with van der Waals surface area (Å²) in [7, 11) is 1.22. The number of nitrogens with zero attached hydrogens (tertiary/aromatic N) is 4. The first kappa shape index (κ1) is 10.8. The normalized spacial score (nSPS) is 11.2. The van der Waals surface area contributed by atoms with Gasteiger partial charge in [-0.25, -0.2) is 9.48 Å². The molecule has 1 aromatic heterocycles. The van der Waals surface area contributed by atoms with Crippen LogP contribution in [0, 0.1) is 11.3 Å². The van der Waals surface area contributed by atoms with Gasteiger partial charge in [0, 0.05) is 0 Å². The van der Waals surface area contributed by atoms with Crippen LogP contribution in [0.1, 0.15) is 0 Å². The van der Waals surface area contributed by atoms with E-state index >= 15 is 0 Å². The van der Waals surface area contributed by atoms with Gasteiger partial charge in [-0.1, -0.05) is 17.3 Å². The number of aromatic nitrogens is 3. The zero-order valence-corrected chi connectivity index (χ0v) is 8.99. The lowest BCUT2D eigenvalue weighted by Gasteiger charge is -1.97. The Balaban J connectivity index is 2.51. The zero-order valence-electron chi connectivity index (χ0n) is 8.99. The lowest BCUT2D eigenvalue weighted by Crippen LogP contribution is -2.04. The third kappa shape index (κ3) is 1.99. The van der Waals surface area contributed by atoms with Crippen molar-refractivity contribution < 1.29 is 9.53 Å². The lowest BCUT2D eigenvalue weighted by molar-refractivity contribution is -0.135. The number of fused-ring (bicyclic) bond motifs is 1. The molecule has 0 unspecified atom stereocenters. The van der Waals surface area contributed by atoms with Gasteiger partial charge in [0.2, 0.25) is 0 Å². The molecule has 2 rings (SSSR count). The average Bonchev–Trinajstić information content (AvgIpc) is 2.78. The molecule has 0 N–H and O–H groups in total. The lowest BCUT2D eigenvalue weighted by atomic mass is 10.3. The first-order chi connectivity index (χ1) is 8.26. The fourth-order valence-corrected chi connectivity index (χ4v) is 1.34. The first-order valence-electron chi connectivity index (χ1n) is 4.76. The van der Waals surface area contributed by atoms with Gasteiger partial charge in [-0.05, 0) is 12.1 Å². The van der Waals surface area contributed by atoms with Gasteiger partial charge in [0.1, 0.15) is 11.6 Å². The van der Waals surface area contributed by atoms with Gasteiger partial charge in [-0.3, -0.25) is 0 Å². The van der Waals surface area contributed by atoms with Gasteiger partial charge >= 0.3 is 5.97 Å². The second kappa shape index (κ2) is 4.45. The fourth-order valence-electron chi connectivity index (χ4n) is 1.34. The topological polar surface area (TPSA) is 80.8 Å². The van der Waals surface area contributed by atoms with Crippen LogP contribution in [0.5, 0.6) is 0 Å². The largest absolute Gasteiger partial charge is 0.465 e. The van der Waals surface area contributed by atoms with Crippen molar-refractivity contribution >= 4 is 23.2 Å². The Hall–Kier alpha value is -2.68. The van der Waals surface area contributed by atoms with E-state index in [1.807, 2.05) is 12.1 Å². The van der Waals surface area contributed by atoms with E-state index in [1.54, 1.807) is 18.2 Å². The second-order valence-electron chi connectivity index (χ2n) is 3.17. The van der Waals surface area contributed by atoms with E-state index in [4.69, 9.17) is 5.26 Å². The summed E-state index contributed by atoms with van der Waals surface area (Å²) in [4.78, 5) is 11.2. The van der Waals surface area contributed by atoms with Crippen molar-refractivity contribution in [3.8, 4) is 6.07 Å². The monoisotopic (exact) mass is 228 g/mol. The zero-order chi connectivity index (χ0) is 12.3. The summed E-state index contributed by atoms with van der Waals surface area (Å²) in [6.45, 7) is 0. The minimum absolute atomic E-state index is 0.136. The van der Waals surface area contributed by atoms with Crippen molar-refractivity contribution in [2.75, 3.05) is 7.11 Å². The molecule has 0 fully saturated rings. The molecule has 6 heteroatoms. The standard InChI is InChI=1S/C11H8N4O2/c1-17-11(16)8(6-12)7-15-10-5-3-2-4-9(10)13-14-15/h2-5,7H,1H3/b8-7-. The molecular formula is C11H8N4O2. The van der Waals surface area contributed by atoms with E-state index in [0.29, 0.717) is 11.0 Å². The Morgan fingerprint density at radius 1 is 1.53 bits per heavy atom. The predicted octanol–water partition coefficient (Wildman–Crippen LogP) is 0.969. The highest BCUT2D eigenvalue weighted by atomic mass is 16.5. The number of ether oxygens (including phenoxy) is 1. The van der Waals surface area contributed by atoms with Crippen LogP contribution in [0.3, 0.4) is 0 Å². The number of benzene rings is 1. The summed E-state index contributed by atoms with van der Waals surface area (Å²) >= 11 is 0. The molecule has 1 aromatic carbocycles. The summed E-state index contributed by atoms with van der Waals surface area (Å²) in [6, 6.07) is 8.98. The summed E-state index contributed by atoms with van der Waals surface area (Å²) < 4.78 is 5.84. The van der Waals surface area contributed by atoms with Crippen LogP contribution in [0.25, 0.3) is 17.2 Å². The Morgan fingerprint density at radius 2 is 2.29 bits per heavy atom. The highest BCUT2D eigenvalue weighted by molar-refractivity contribution is 5.96. The molecule has 0 radical (unpaired) electrons. The number of methoxy groups -OCH3 is 1. The van der Waals surface area contributed by atoms with E-state index in [1.165, 1.54) is 18.0 Å². The summed E-state index contributed by atoms with van der Waals surface area (Å²) in [5.41, 5.74) is 1.26. The molecule has 0 saturated heterocycles. The SMILES string of the molecule is COC(=O)/C(C#N)=C\n1nnc2ccccc21. The molecule has 0 aliphatic heterocycles. The van der Waals surface area contributed by atoms with E-state index < -0.39 is 5.97 Å². The minimum Gasteiger partial charge on any atom is -0.465 e. The van der Waals surface area contributed by atoms with Crippen molar-refractivity contribution in [1.82, 2.24) is 15.0 Å². The quantitative estimate of drug-likeness (QED) is 0.434.